The van der Waals surface area contributed by atoms with Gasteiger partial charge in [0.25, 0.3) is 0 Å². The standard InChI is InChI=1S/C24H33N5O6/c1-14-5-7-15(8-6-14)23(2,3)35-22(32)33-11-17-19(30)20(31)24(34-17,12-26-4)18-10-9-16-21(25)27-13-28-29(16)18/h5,9-10,13,15,17,19-20,30-31H,4,6-8,11-12H2,1-3H3,(H2,25,27,28)/t15?,17-,19-,20-,24+/m1/s1. The minimum absolute atomic E-state index is 0.0795. The maximum absolute atomic E-state index is 12.5. The second-order valence-electron chi connectivity index (χ2n) is 9.81. The van der Waals surface area contributed by atoms with E-state index in [-0.39, 0.29) is 24.9 Å². The molecule has 3 heterocycles. The number of anilines is 1. The molecule has 0 bridgehead atoms. The van der Waals surface area contributed by atoms with Gasteiger partial charge in [-0.15, -0.1) is 0 Å². The Labute approximate surface area is 203 Å². The fourth-order valence-electron chi connectivity index (χ4n) is 4.96. The highest BCUT2D eigenvalue weighted by Gasteiger charge is 2.57. The Morgan fingerprint density at radius 2 is 2.20 bits per heavy atom. The SMILES string of the molecule is C=NC[C@@]1(c2ccc3c(N)ncnn23)O[C@H](COC(=O)OC(C)(C)C2CC=C(C)CC2)[C@@H](O)[C@H]1O. The maximum Gasteiger partial charge on any atom is 0.508 e. The third-order valence-electron chi connectivity index (χ3n) is 7.14. The number of nitrogens with zero attached hydrogens (tertiary/aromatic N) is 4. The van der Waals surface area contributed by atoms with Crippen LogP contribution in [0.15, 0.2) is 35.1 Å². The molecular weight excluding hydrogens is 454 g/mol. The van der Waals surface area contributed by atoms with E-state index in [1.54, 1.807) is 12.1 Å². The van der Waals surface area contributed by atoms with Gasteiger partial charge in [-0.25, -0.2) is 14.3 Å². The van der Waals surface area contributed by atoms with Crippen molar-refractivity contribution < 1.29 is 29.2 Å². The topological polar surface area (TPSA) is 154 Å². The molecule has 0 aromatic carbocycles. The molecule has 0 radical (unpaired) electrons. The van der Waals surface area contributed by atoms with E-state index in [4.69, 9.17) is 19.9 Å². The Hall–Kier alpha value is -3.02. The average molecular weight is 488 g/mol. The first-order valence-corrected chi connectivity index (χ1v) is 11.7. The number of nitrogens with two attached hydrogens (primary N) is 1. The average Bonchev–Trinajstić information content (AvgIpc) is 3.35. The number of aliphatic imine (C=N–C) groups is 1. The van der Waals surface area contributed by atoms with E-state index in [1.807, 2.05) is 13.8 Å². The van der Waals surface area contributed by atoms with Crippen LogP contribution in [0.25, 0.3) is 5.52 Å². The van der Waals surface area contributed by atoms with Crippen LogP contribution in [-0.4, -0.2) is 74.7 Å². The molecule has 1 aliphatic heterocycles. The van der Waals surface area contributed by atoms with Gasteiger partial charge < -0.3 is 30.2 Å². The molecule has 1 unspecified atom stereocenters. The van der Waals surface area contributed by atoms with E-state index in [2.05, 4.69) is 34.8 Å². The molecule has 0 spiro atoms. The van der Waals surface area contributed by atoms with E-state index in [0.717, 1.165) is 19.3 Å². The van der Waals surface area contributed by atoms with Crippen LogP contribution in [0.1, 0.15) is 45.7 Å². The number of aliphatic hydroxyl groups is 2. The van der Waals surface area contributed by atoms with Gasteiger partial charge in [-0.3, -0.25) is 4.99 Å². The minimum Gasteiger partial charge on any atom is -0.431 e. The van der Waals surface area contributed by atoms with Crippen LogP contribution in [-0.2, 0) is 19.8 Å². The fourth-order valence-corrected chi connectivity index (χ4v) is 4.96. The van der Waals surface area contributed by atoms with Crippen LogP contribution in [0, 0.1) is 5.92 Å². The van der Waals surface area contributed by atoms with Gasteiger partial charge in [0.1, 0.15) is 42.4 Å². The van der Waals surface area contributed by atoms with Crippen molar-refractivity contribution in [2.24, 2.45) is 10.9 Å². The first-order valence-electron chi connectivity index (χ1n) is 11.7. The van der Waals surface area contributed by atoms with Gasteiger partial charge in [0, 0.05) is 5.92 Å². The predicted octanol–water partition coefficient (Wildman–Crippen LogP) is 2.01. The molecule has 4 rings (SSSR count). The summed E-state index contributed by atoms with van der Waals surface area (Å²) in [4.78, 5) is 20.4. The summed E-state index contributed by atoms with van der Waals surface area (Å²) in [5.41, 5.74) is 5.98. The number of rotatable bonds is 7. The van der Waals surface area contributed by atoms with Crippen LogP contribution in [0.5, 0.6) is 0 Å². The van der Waals surface area contributed by atoms with Crippen molar-refractivity contribution in [3.05, 3.63) is 35.8 Å². The zero-order valence-corrected chi connectivity index (χ0v) is 20.3. The molecule has 1 aliphatic carbocycles. The number of hydrogen-bond acceptors (Lipinski definition) is 10. The van der Waals surface area contributed by atoms with Crippen LogP contribution in [0.4, 0.5) is 10.6 Å². The van der Waals surface area contributed by atoms with Crippen molar-refractivity contribution in [3.63, 3.8) is 0 Å². The highest BCUT2D eigenvalue weighted by Crippen LogP contribution is 2.41. The van der Waals surface area contributed by atoms with Crippen molar-refractivity contribution in [2.45, 2.75) is 69.5 Å². The first kappa shape index (κ1) is 25.1. The quantitative estimate of drug-likeness (QED) is 0.302. The molecular formula is C24H33N5O6. The molecule has 35 heavy (non-hydrogen) atoms. The number of fused-ring (bicyclic) bond motifs is 1. The summed E-state index contributed by atoms with van der Waals surface area (Å²) in [6.07, 6.45) is 1.51. The second-order valence-corrected chi connectivity index (χ2v) is 9.81. The zero-order valence-electron chi connectivity index (χ0n) is 20.3. The van der Waals surface area contributed by atoms with Crippen LogP contribution in [0.2, 0.25) is 0 Å². The summed E-state index contributed by atoms with van der Waals surface area (Å²) in [5.74, 6) is 0.423. The number of ether oxygens (including phenoxy) is 3. The van der Waals surface area contributed by atoms with E-state index in [1.165, 1.54) is 16.4 Å². The van der Waals surface area contributed by atoms with Gasteiger partial charge >= 0.3 is 6.16 Å². The molecule has 0 saturated carbocycles. The lowest BCUT2D eigenvalue weighted by Crippen LogP contribution is -2.44. The van der Waals surface area contributed by atoms with E-state index < -0.39 is 35.7 Å². The number of nitrogen functional groups attached to an aromatic ring is 1. The summed E-state index contributed by atoms with van der Waals surface area (Å²) >= 11 is 0. The summed E-state index contributed by atoms with van der Waals surface area (Å²) in [5, 5.41) is 26.0. The van der Waals surface area contributed by atoms with Gasteiger partial charge in [-0.1, -0.05) is 11.6 Å². The molecule has 2 aliphatic rings. The van der Waals surface area contributed by atoms with Gasteiger partial charge in [-0.05, 0) is 58.9 Å². The van der Waals surface area contributed by atoms with Crippen LogP contribution < -0.4 is 5.73 Å². The van der Waals surface area contributed by atoms with E-state index in [0.29, 0.717) is 11.2 Å². The predicted molar refractivity (Wildman–Crippen MR) is 128 cm³/mol. The van der Waals surface area contributed by atoms with Gasteiger partial charge in [0.2, 0.25) is 0 Å². The molecule has 0 amide bonds. The summed E-state index contributed by atoms with van der Waals surface area (Å²) in [6.45, 7) is 8.95. The molecule has 1 fully saturated rings. The molecule has 2 aromatic rings. The lowest BCUT2D eigenvalue weighted by Gasteiger charge is -2.35. The molecule has 190 valence electrons. The Kier molecular flexibility index (Phi) is 6.85. The smallest absolute Gasteiger partial charge is 0.431 e. The number of aromatic nitrogens is 3. The Bertz CT molecular complexity index is 1130. The van der Waals surface area contributed by atoms with Crippen molar-refractivity contribution in [1.82, 2.24) is 14.6 Å². The lowest BCUT2D eigenvalue weighted by molar-refractivity contribution is -0.106. The minimum atomic E-state index is -1.49. The number of allylic oxidation sites excluding steroid dienone is 2. The Morgan fingerprint density at radius 3 is 2.89 bits per heavy atom. The highest BCUT2D eigenvalue weighted by atomic mass is 16.7. The number of carbonyl (C=O) groups is 1. The summed E-state index contributed by atoms with van der Waals surface area (Å²) in [7, 11) is 0. The van der Waals surface area contributed by atoms with Crippen molar-refractivity contribution in [1.29, 1.82) is 0 Å². The summed E-state index contributed by atoms with van der Waals surface area (Å²) in [6, 6.07) is 3.35. The first-order chi connectivity index (χ1) is 16.6. The fraction of sp³-hybridized carbons (Fsp3) is 0.583. The lowest BCUT2D eigenvalue weighted by atomic mass is 9.80. The number of hydrogen-bond donors (Lipinski definition) is 3. The Morgan fingerprint density at radius 1 is 1.43 bits per heavy atom. The van der Waals surface area contributed by atoms with E-state index in [9.17, 15) is 15.0 Å². The van der Waals surface area contributed by atoms with Crippen LogP contribution in [0.3, 0.4) is 0 Å². The van der Waals surface area contributed by atoms with Crippen LogP contribution >= 0.6 is 0 Å². The third kappa shape index (κ3) is 4.63. The second kappa shape index (κ2) is 9.56. The third-order valence-corrected chi connectivity index (χ3v) is 7.14. The van der Waals surface area contributed by atoms with Gasteiger partial charge in [-0.2, -0.15) is 5.10 Å². The number of aliphatic hydroxyl groups excluding tert-OH is 2. The summed E-state index contributed by atoms with van der Waals surface area (Å²) < 4.78 is 18.5. The van der Waals surface area contributed by atoms with Gasteiger partial charge in [0.15, 0.2) is 11.4 Å². The molecule has 4 N–H and O–H groups in total. The highest BCUT2D eigenvalue weighted by molar-refractivity contribution is 5.65. The Balaban J connectivity index is 1.47. The monoisotopic (exact) mass is 487 g/mol. The largest absolute Gasteiger partial charge is 0.508 e. The molecule has 5 atom stereocenters. The zero-order chi connectivity index (χ0) is 25.4. The van der Waals surface area contributed by atoms with Gasteiger partial charge in [0.05, 0.1) is 12.2 Å². The molecule has 11 heteroatoms. The van der Waals surface area contributed by atoms with E-state index >= 15 is 0 Å². The maximum atomic E-state index is 12.5. The van der Waals surface area contributed by atoms with Crippen molar-refractivity contribution >= 4 is 24.2 Å². The molecule has 2 aromatic heterocycles. The normalized spacial score (nSPS) is 29.1. The number of carbonyl (C=O) groups excluding carboxylic acids is 1. The van der Waals surface area contributed by atoms with Crippen molar-refractivity contribution in [3.8, 4) is 0 Å². The van der Waals surface area contributed by atoms with Crippen molar-refractivity contribution in [2.75, 3.05) is 18.9 Å². The molecule has 11 nitrogen and oxygen atoms in total. The molecule has 1 saturated heterocycles.